The van der Waals surface area contributed by atoms with Crippen LogP contribution in [0.5, 0.6) is 5.75 Å². The van der Waals surface area contributed by atoms with Crippen LogP contribution in [0.3, 0.4) is 0 Å². The van der Waals surface area contributed by atoms with Gasteiger partial charge < -0.3 is 10.1 Å². The average molecular weight is 442 g/mol. The number of hydrogen-bond acceptors (Lipinski definition) is 7. The number of ether oxygens (including phenoxy) is 1. The van der Waals surface area contributed by atoms with E-state index in [-0.39, 0.29) is 0 Å². The maximum Gasteiger partial charge on any atom is 0.206 e. The van der Waals surface area contributed by atoms with E-state index >= 15 is 0 Å². The molecule has 3 rings (SSSR count). The van der Waals surface area contributed by atoms with Gasteiger partial charge in [-0.1, -0.05) is 45.1 Å². The van der Waals surface area contributed by atoms with Crippen molar-refractivity contribution in [3.05, 3.63) is 50.6 Å². The molecule has 126 valence electrons. The summed E-state index contributed by atoms with van der Waals surface area (Å²) in [5.41, 5.74) is 1.14. The van der Waals surface area contributed by atoms with Crippen LogP contribution in [0.25, 0.3) is 0 Å². The lowest BCUT2D eigenvalue weighted by Gasteiger charge is -2.07. The van der Waals surface area contributed by atoms with Crippen LogP contribution in [0.2, 0.25) is 0 Å². The Balaban J connectivity index is 1.51. The Morgan fingerprint density at radius 3 is 3.00 bits per heavy atom. The fraction of sp³-hybridized carbons (Fsp3) is 0.250. The zero-order valence-corrected chi connectivity index (χ0v) is 17.0. The van der Waals surface area contributed by atoms with Crippen molar-refractivity contribution in [3.8, 4) is 5.75 Å². The van der Waals surface area contributed by atoms with E-state index in [0.717, 1.165) is 44.0 Å². The van der Waals surface area contributed by atoms with Crippen LogP contribution in [-0.4, -0.2) is 23.9 Å². The molecule has 0 saturated carbocycles. The molecule has 0 saturated heterocycles. The van der Waals surface area contributed by atoms with Gasteiger partial charge in [0.2, 0.25) is 5.13 Å². The average Bonchev–Trinajstić information content (AvgIpc) is 3.25. The van der Waals surface area contributed by atoms with Crippen LogP contribution < -0.4 is 10.1 Å². The second-order valence-electron chi connectivity index (χ2n) is 4.87. The van der Waals surface area contributed by atoms with Gasteiger partial charge in [-0.25, -0.2) is 0 Å². The summed E-state index contributed by atoms with van der Waals surface area (Å²) in [4.78, 5) is 1.38. The molecule has 1 N–H and O–H groups in total. The minimum absolute atomic E-state index is 0.798. The highest BCUT2D eigenvalue weighted by molar-refractivity contribution is 9.10. The van der Waals surface area contributed by atoms with Gasteiger partial charge in [0.1, 0.15) is 5.75 Å². The lowest BCUT2D eigenvalue weighted by Crippen LogP contribution is -2.03. The zero-order chi connectivity index (χ0) is 16.8. The molecule has 0 unspecified atom stereocenters. The number of halogens is 1. The molecule has 0 amide bonds. The topological polar surface area (TPSA) is 47.0 Å². The SMILES string of the molecule is COc1ccc(Br)cc1CSc1nnc(NCCc2cccs2)s1. The number of thiophene rings is 1. The minimum Gasteiger partial charge on any atom is -0.496 e. The number of aromatic nitrogens is 2. The molecule has 0 atom stereocenters. The van der Waals surface area contributed by atoms with Crippen LogP contribution >= 0.6 is 50.4 Å². The van der Waals surface area contributed by atoms with Gasteiger partial charge in [-0.15, -0.1) is 21.5 Å². The molecule has 2 aromatic heterocycles. The van der Waals surface area contributed by atoms with Gasteiger partial charge in [0.05, 0.1) is 7.11 Å². The second-order valence-corrected chi connectivity index (χ2v) is 9.02. The Kier molecular flexibility index (Phi) is 6.53. The minimum atomic E-state index is 0.798. The molecule has 4 nitrogen and oxygen atoms in total. The van der Waals surface area contributed by atoms with Gasteiger partial charge in [0.25, 0.3) is 0 Å². The van der Waals surface area contributed by atoms with Crippen LogP contribution in [0.4, 0.5) is 5.13 Å². The summed E-state index contributed by atoms with van der Waals surface area (Å²) < 4.78 is 7.41. The molecule has 0 bridgehead atoms. The number of rotatable bonds is 8. The summed E-state index contributed by atoms with van der Waals surface area (Å²) in [5.74, 6) is 1.69. The third-order valence-electron chi connectivity index (χ3n) is 3.23. The smallest absolute Gasteiger partial charge is 0.206 e. The summed E-state index contributed by atoms with van der Waals surface area (Å²) in [6.07, 6.45) is 1.01. The maximum atomic E-state index is 5.40. The standard InChI is InChI=1S/C16H16BrN3OS3/c1-21-14-5-4-12(17)9-11(14)10-23-16-20-19-15(24-16)18-7-6-13-3-2-8-22-13/h2-5,8-9H,6-7,10H2,1H3,(H,18,19). The molecule has 2 heterocycles. The summed E-state index contributed by atoms with van der Waals surface area (Å²) >= 11 is 8.54. The van der Waals surface area contributed by atoms with Crippen LogP contribution in [0, 0.1) is 0 Å². The summed E-state index contributed by atoms with van der Waals surface area (Å²) in [5, 5.41) is 14.8. The van der Waals surface area contributed by atoms with Crippen molar-refractivity contribution in [1.29, 1.82) is 0 Å². The monoisotopic (exact) mass is 441 g/mol. The molecular formula is C16H16BrN3OS3. The lowest BCUT2D eigenvalue weighted by atomic mass is 10.2. The van der Waals surface area contributed by atoms with Crippen LogP contribution in [-0.2, 0) is 12.2 Å². The Bertz CT molecular complexity index is 777. The Morgan fingerprint density at radius 1 is 1.29 bits per heavy atom. The highest BCUT2D eigenvalue weighted by atomic mass is 79.9. The van der Waals surface area contributed by atoms with Gasteiger partial charge >= 0.3 is 0 Å². The molecular weight excluding hydrogens is 426 g/mol. The predicted molar refractivity (Wildman–Crippen MR) is 107 cm³/mol. The summed E-state index contributed by atoms with van der Waals surface area (Å²) in [6.45, 7) is 0.874. The summed E-state index contributed by atoms with van der Waals surface area (Å²) in [6, 6.07) is 10.3. The first-order chi connectivity index (χ1) is 11.7. The van der Waals surface area contributed by atoms with E-state index in [0.29, 0.717) is 0 Å². The molecule has 0 radical (unpaired) electrons. The number of anilines is 1. The first kappa shape index (κ1) is 17.7. The molecule has 1 aromatic carbocycles. The molecule has 3 aromatic rings. The van der Waals surface area contributed by atoms with E-state index in [4.69, 9.17) is 4.74 Å². The highest BCUT2D eigenvalue weighted by Crippen LogP contribution is 2.32. The first-order valence-electron chi connectivity index (χ1n) is 7.29. The van der Waals surface area contributed by atoms with Crippen molar-refractivity contribution in [2.75, 3.05) is 19.0 Å². The number of methoxy groups -OCH3 is 1. The van der Waals surface area contributed by atoms with Crippen molar-refractivity contribution in [1.82, 2.24) is 10.2 Å². The number of thioether (sulfide) groups is 1. The van der Waals surface area contributed by atoms with E-state index in [1.165, 1.54) is 4.88 Å². The van der Waals surface area contributed by atoms with Gasteiger partial charge in [0, 0.05) is 27.2 Å². The summed E-state index contributed by atoms with van der Waals surface area (Å²) in [7, 11) is 1.69. The molecule has 0 aliphatic heterocycles. The Labute approximate surface area is 161 Å². The molecule has 24 heavy (non-hydrogen) atoms. The van der Waals surface area contributed by atoms with E-state index < -0.39 is 0 Å². The third-order valence-corrected chi connectivity index (χ3v) is 6.72. The van der Waals surface area contributed by atoms with Crippen molar-refractivity contribution in [2.24, 2.45) is 0 Å². The fourth-order valence-electron chi connectivity index (χ4n) is 2.09. The number of hydrogen-bond donors (Lipinski definition) is 1. The molecule has 0 aliphatic rings. The van der Waals surface area contributed by atoms with E-state index in [1.807, 2.05) is 12.1 Å². The molecule has 0 aliphatic carbocycles. The highest BCUT2D eigenvalue weighted by Gasteiger charge is 2.08. The quantitative estimate of drug-likeness (QED) is 0.479. The zero-order valence-electron chi connectivity index (χ0n) is 13.0. The lowest BCUT2D eigenvalue weighted by molar-refractivity contribution is 0.411. The van der Waals surface area contributed by atoms with Crippen molar-refractivity contribution < 1.29 is 4.74 Å². The number of benzene rings is 1. The van der Waals surface area contributed by atoms with E-state index in [2.05, 4.69) is 55.0 Å². The van der Waals surface area contributed by atoms with E-state index in [1.54, 1.807) is 41.5 Å². The normalized spacial score (nSPS) is 10.8. The van der Waals surface area contributed by atoms with Crippen LogP contribution in [0.15, 0.2) is 44.5 Å². The van der Waals surface area contributed by atoms with Crippen molar-refractivity contribution in [2.45, 2.75) is 16.5 Å². The third kappa shape index (κ3) is 4.95. The van der Waals surface area contributed by atoms with Crippen molar-refractivity contribution >= 4 is 55.5 Å². The predicted octanol–water partition coefficient (Wildman–Crippen LogP) is 5.32. The molecule has 8 heteroatoms. The number of nitrogens with one attached hydrogen (secondary N) is 1. The number of nitrogens with zero attached hydrogens (tertiary/aromatic N) is 2. The first-order valence-corrected chi connectivity index (χ1v) is 10.8. The maximum absolute atomic E-state index is 5.40. The van der Waals surface area contributed by atoms with Gasteiger partial charge in [-0.2, -0.15) is 0 Å². The van der Waals surface area contributed by atoms with Crippen LogP contribution in [0.1, 0.15) is 10.4 Å². The molecule has 0 fully saturated rings. The second kappa shape index (κ2) is 8.84. The van der Waals surface area contributed by atoms with E-state index in [9.17, 15) is 0 Å². The molecule has 0 spiro atoms. The Morgan fingerprint density at radius 2 is 2.21 bits per heavy atom. The largest absolute Gasteiger partial charge is 0.496 e. The Hall–Kier alpha value is -1.09. The van der Waals surface area contributed by atoms with Crippen molar-refractivity contribution in [3.63, 3.8) is 0 Å². The van der Waals surface area contributed by atoms with Gasteiger partial charge in [-0.05, 0) is 36.1 Å². The van der Waals surface area contributed by atoms with Gasteiger partial charge in [0.15, 0.2) is 4.34 Å². The van der Waals surface area contributed by atoms with Gasteiger partial charge in [-0.3, -0.25) is 0 Å². The fourth-order valence-corrected chi connectivity index (χ4v) is 4.96.